The van der Waals surface area contributed by atoms with Crippen molar-refractivity contribution >= 4 is 6.16 Å². The molecule has 3 nitrogen and oxygen atoms in total. The van der Waals surface area contributed by atoms with Crippen LogP contribution in [0.3, 0.4) is 0 Å². The lowest BCUT2D eigenvalue weighted by atomic mass is 9.42. The highest BCUT2D eigenvalue weighted by atomic mass is 16.8. The number of rotatable bonds is 5. The molecule has 0 bridgehead atoms. The summed E-state index contributed by atoms with van der Waals surface area (Å²) in [6.07, 6.45) is 15.0. The van der Waals surface area contributed by atoms with Crippen molar-refractivity contribution in [3.8, 4) is 0 Å². The second-order valence-electron chi connectivity index (χ2n) is 13.1. The van der Waals surface area contributed by atoms with Crippen LogP contribution < -0.4 is 0 Å². The minimum absolute atomic E-state index is 0.00332. The maximum absolute atomic E-state index is 12.3. The van der Waals surface area contributed by atoms with E-state index in [-0.39, 0.29) is 23.3 Å². The standard InChI is InChI=1S/C28H46O3/c1-18(2)9-8-10-19(3)21-11-12-22-20-17-24-28(31-25(29)30-24)15-7-6-14-27(28,5)23(20)13-16-26(21,22)4/h18-24H,6-17H2,1-5H3/t19-,20+,21-,22+,23+,24+,26-,27-,28+/m1/s1. The van der Waals surface area contributed by atoms with E-state index in [1.54, 1.807) is 0 Å². The lowest BCUT2D eigenvalue weighted by molar-refractivity contribution is -0.209. The van der Waals surface area contributed by atoms with E-state index in [2.05, 4.69) is 34.6 Å². The Labute approximate surface area is 190 Å². The van der Waals surface area contributed by atoms with Gasteiger partial charge in [-0.3, -0.25) is 0 Å². The molecule has 0 aromatic rings. The van der Waals surface area contributed by atoms with Gasteiger partial charge >= 0.3 is 6.16 Å². The Bertz CT molecular complexity index is 702. The van der Waals surface area contributed by atoms with Gasteiger partial charge in [-0.25, -0.2) is 4.79 Å². The van der Waals surface area contributed by atoms with E-state index >= 15 is 0 Å². The van der Waals surface area contributed by atoms with E-state index in [4.69, 9.17) is 9.47 Å². The number of hydrogen-bond acceptors (Lipinski definition) is 3. The van der Waals surface area contributed by atoms with Crippen LogP contribution in [0, 0.1) is 46.3 Å². The molecule has 5 fully saturated rings. The van der Waals surface area contributed by atoms with Gasteiger partial charge in [0.1, 0.15) is 6.10 Å². The number of carbonyl (C=O) groups is 1. The lowest BCUT2D eigenvalue weighted by Gasteiger charge is -2.63. The van der Waals surface area contributed by atoms with E-state index in [9.17, 15) is 4.79 Å². The van der Waals surface area contributed by atoms with Crippen molar-refractivity contribution < 1.29 is 14.3 Å². The monoisotopic (exact) mass is 430 g/mol. The number of carbonyl (C=O) groups excluding carboxylic acids is 1. The maximum Gasteiger partial charge on any atom is 0.509 e. The Balaban J connectivity index is 1.38. The topological polar surface area (TPSA) is 35.5 Å². The Morgan fingerprint density at radius 1 is 0.968 bits per heavy atom. The molecule has 9 atom stereocenters. The van der Waals surface area contributed by atoms with Crippen molar-refractivity contribution in [2.24, 2.45) is 46.3 Å². The van der Waals surface area contributed by atoms with Gasteiger partial charge in [-0.1, -0.05) is 60.3 Å². The highest BCUT2D eigenvalue weighted by Crippen LogP contribution is 2.71. The summed E-state index contributed by atoms with van der Waals surface area (Å²) >= 11 is 0. The van der Waals surface area contributed by atoms with Crippen LogP contribution in [0.25, 0.3) is 0 Å². The summed E-state index contributed by atoms with van der Waals surface area (Å²) in [6.45, 7) is 12.4. The smallest absolute Gasteiger partial charge is 0.427 e. The highest BCUT2D eigenvalue weighted by molar-refractivity contribution is 5.64. The van der Waals surface area contributed by atoms with E-state index < -0.39 is 0 Å². The third kappa shape index (κ3) is 3.14. The first-order valence-electron chi connectivity index (χ1n) is 13.6. The summed E-state index contributed by atoms with van der Waals surface area (Å²) in [4.78, 5) is 12.3. The summed E-state index contributed by atoms with van der Waals surface area (Å²) in [5.74, 6) is 4.75. The van der Waals surface area contributed by atoms with E-state index in [0.29, 0.717) is 17.3 Å². The van der Waals surface area contributed by atoms with Gasteiger partial charge in [-0.2, -0.15) is 0 Å². The second kappa shape index (κ2) is 7.66. The molecule has 1 heterocycles. The van der Waals surface area contributed by atoms with Crippen molar-refractivity contribution in [1.82, 2.24) is 0 Å². The number of fused-ring (bicyclic) bond motifs is 4. The molecular formula is C28H46O3. The van der Waals surface area contributed by atoms with Crippen LogP contribution in [0.4, 0.5) is 4.79 Å². The molecule has 0 aromatic carbocycles. The van der Waals surface area contributed by atoms with Crippen LogP contribution in [-0.4, -0.2) is 17.9 Å². The van der Waals surface area contributed by atoms with Gasteiger partial charge in [0.15, 0.2) is 5.60 Å². The van der Waals surface area contributed by atoms with Crippen molar-refractivity contribution in [3.63, 3.8) is 0 Å². The fraction of sp³-hybridized carbons (Fsp3) is 0.964. The van der Waals surface area contributed by atoms with Gasteiger partial charge in [0.25, 0.3) is 0 Å². The van der Waals surface area contributed by atoms with Gasteiger partial charge in [0.05, 0.1) is 0 Å². The van der Waals surface area contributed by atoms with Gasteiger partial charge in [0.2, 0.25) is 0 Å². The zero-order chi connectivity index (χ0) is 22.0. The van der Waals surface area contributed by atoms with Gasteiger partial charge in [0, 0.05) is 5.41 Å². The highest BCUT2D eigenvalue weighted by Gasteiger charge is 2.72. The molecule has 4 saturated carbocycles. The zero-order valence-electron chi connectivity index (χ0n) is 20.8. The molecule has 5 aliphatic rings. The summed E-state index contributed by atoms with van der Waals surface area (Å²) in [5.41, 5.74) is 0.250. The molecule has 176 valence electrons. The second-order valence-corrected chi connectivity index (χ2v) is 13.1. The first-order chi connectivity index (χ1) is 14.7. The van der Waals surface area contributed by atoms with Crippen molar-refractivity contribution in [2.75, 3.05) is 0 Å². The summed E-state index contributed by atoms with van der Waals surface area (Å²) in [7, 11) is 0. The van der Waals surface area contributed by atoms with Gasteiger partial charge < -0.3 is 9.47 Å². The Morgan fingerprint density at radius 2 is 1.74 bits per heavy atom. The van der Waals surface area contributed by atoms with E-state index in [1.807, 2.05) is 0 Å². The summed E-state index contributed by atoms with van der Waals surface area (Å²) < 4.78 is 12.0. The van der Waals surface area contributed by atoms with Crippen molar-refractivity contribution in [3.05, 3.63) is 0 Å². The maximum atomic E-state index is 12.3. The van der Waals surface area contributed by atoms with Crippen LogP contribution in [-0.2, 0) is 9.47 Å². The average molecular weight is 431 g/mol. The summed E-state index contributed by atoms with van der Waals surface area (Å²) in [5, 5.41) is 0. The lowest BCUT2D eigenvalue weighted by Crippen LogP contribution is -2.66. The molecule has 31 heavy (non-hydrogen) atoms. The third-order valence-corrected chi connectivity index (χ3v) is 11.4. The first-order valence-corrected chi connectivity index (χ1v) is 13.6. The average Bonchev–Trinajstić information content (AvgIpc) is 3.22. The predicted octanol–water partition coefficient (Wildman–Crippen LogP) is 7.77. The van der Waals surface area contributed by atoms with E-state index in [0.717, 1.165) is 36.5 Å². The van der Waals surface area contributed by atoms with Crippen LogP contribution in [0.2, 0.25) is 0 Å². The van der Waals surface area contributed by atoms with Crippen molar-refractivity contribution in [1.29, 1.82) is 0 Å². The van der Waals surface area contributed by atoms with E-state index in [1.165, 1.54) is 64.2 Å². The van der Waals surface area contributed by atoms with Crippen LogP contribution in [0.5, 0.6) is 0 Å². The molecule has 1 aliphatic heterocycles. The fourth-order valence-electron chi connectivity index (χ4n) is 9.94. The Kier molecular flexibility index (Phi) is 5.45. The number of ether oxygens (including phenoxy) is 2. The molecule has 1 saturated heterocycles. The summed E-state index contributed by atoms with van der Waals surface area (Å²) in [6, 6.07) is 0. The number of hydrogen-bond donors (Lipinski definition) is 0. The zero-order valence-corrected chi connectivity index (χ0v) is 20.8. The quantitative estimate of drug-likeness (QED) is 0.418. The largest absolute Gasteiger partial charge is 0.509 e. The first kappa shape index (κ1) is 22.1. The predicted molar refractivity (Wildman–Crippen MR) is 124 cm³/mol. The van der Waals surface area contributed by atoms with Gasteiger partial charge in [-0.05, 0) is 92.3 Å². The van der Waals surface area contributed by atoms with Gasteiger partial charge in [-0.15, -0.1) is 0 Å². The normalized spacial score (nSPS) is 49.5. The molecule has 3 heteroatoms. The molecule has 0 N–H and O–H groups in total. The minimum atomic E-state index is -0.386. The Hall–Kier alpha value is -0.730. The van der Waals surface area contributed by atoms with Crippen LogP contribution >= 0.6 is 0 Å². The van der Waals surface area contributed by atoms with Crippen LogP contribution in [0.1, 0.15) is 112 Å². The third-order valence-electron chi connectivity index (χ3n) is 11.4. The molecule has 5 rings (SSSR count). The molecule has 4 aliphatic carbocycles. The minimum Gasteiger partial charge on any atom is -0.427 e. The molecular weight excluding hydrogens is 384 g/mol. The molecule has 0 radical (unpaired) electrons. The Morgan fingerprint density at radius 3 is 2.52 bits per heavy atom. The molecule has 0 aromatic heterocycles. The van der Waals surface area contributed by atoms with Crippen molar-refractivity contribution in [2.45, 2.75) is 123 Å². The molecule has 0 amide bonds. The molecule has 0 unspecified atom stereocenters. The fourth-order valence-corrected chi connectivity index (χ4v) is 9.94. The molecule has 1 spiro atoms. The van der Waals surface area contributed by atoms with Crippen LogP contribution in [0.15, 0.2) is 0 Å². The SMILES string of the molecule is CC(C)CCC[C@@H](C)[C@H]1CC[C@H]2[C@@H]3C[C@@H]4OC(=O)O[C@@]45CCCC[C@]5(C)[C@H]3CC[C@]12C.